The van der Waals surface area contributed by atoms with Gasteiger partial charge < -0.3 is 11.1 Å². The Bertz CT molecular complexity index is 380. The summed E-state index contributed by atoms with van der Waals surface area (Å²) in [7, 11) is 0. The van der Waals surface area contributed by atoms with Crippen molar-refractivity contribution in [3.8, 4) is 0 Å². The van der Waals surface area contributed by atoms with Crippen LogP contribution in [0.25, 0.3) is 0 Å². The van der Waals surface area contributed by atoms with E-state index >= 15 is 0 Å². The Hall–Kier alpha value is -0.840. The lowest BCUT2D eigenvalue weighted by molar-refractivity contribution is 0.530. The summed E-state index contributed by atoms with van der Waals surface area (Å²) in [5.74, 6) is 4.33. The number of nitrogens with two attached hydrogens (primary N) is 1. The second-order valence-electron chi connectivity index (χ2n) is 5.00. The second-order valence-corrected chi connectivity index (χ2v) is 6.15. The number of aromatic nitrogens is 2. The van der Waals surface area contributed by atoms with Gasteiger partial charge in [0.25, 0.3) is 0 Å². The van der Waals surface area contributed by atoms with Gasteiger partial charge in [-0.3, -0.25) is 0 Å². The van der Waals surface area contributed by atoms with E-state index in [1.807, 2.05) is 23.4 Å². The molecule has 17 heavy (non-hydrogen) atoms. The standard InChI is InChI=1S/C12H22N4S/c1-8(2)16-12(11(13)9(3)15-16)14-6-10-4-5-17-7-10/h8,10,14H,4-7,13H2,1-3H3. The lowest BCUT2D eigenvalue weighted by atomic mass is 10.1. The number of hydrogen-bond donors (Lipinski definition) is 2. The largest absolute Gasteiger partial charge is 0.394 e. The molecule has 1 saturated heterocycles. The van der Waals surface area contributed by atoms with Crippen molar-refractivity contribution in [3.63, 3.8) is 0 Å². The number of rotatable bonds is 4. The minimum Gasteiger partial charge on any atom is -0.394 e. The van der Waals surface area contributed by atoms with E-state index in [0.717, 1.165) is 29.7 Å². The smallest absolute Gasteiger partial charge is 0.148 e. The molecule has 0 spiro atoms. The summed E-state index contributed by atoms with van der Waals surface area (Å²) in [5.41, 5.74) is 7.79. The Kier molecular flexibility index (Phi) is 3.86. The first kappa shape index (κ1) is 12.6. The molecule has 1 fully saturated rings. The maximum absolute atomic E-state index is 6.07. The highest BCUT2D eigenvalue weighted by Crippen LogP contribution is 2.28. The van der Waals surface area contributed by atoms with Crippen LogP contribution in [-0.4, -0.2) is 27.8 Å². The zero-order valence-electron chi connectivity index (χ0n) is 10.9. The van der Waals surface area contributed by atoms with Crippen molar-refractivity contribution in [3.05, 3.63) is 5.69 Å². The van der Waals surface area contributed by atoms with E-state index in [9.17, 15) is 0 Å². The molecule has 1 aromatic heterocycles. The van der Waals surface area contributed by atoms with E-state index in [1.165, 1.54) is 17.9 Å². The quantitative estimate of drug-likeness (QED) is 0.867. The molecule has 0 saturated carbocycles. The van der Waals surface area contributed by atoms with E-state index in [-0.39, 0.29) is 0 Å². The van der Waals surface area contributed by atoms with Crippen molar-refractivity contribution in [1.29, 1.82) is 0 Å². The van der Waals surface area contributed by atoms with E-state index in [1.54, 1.807) is 0 Å². The maximum atomic E-state index is 6.07. The van der Waals surface area contributed by atoms with Crippen LogP contribution in [0.15, 0.2) is 0 Å². The molecule has 2 heterocycles. The fourth-order valence-electron chi connectivity index (χ4n) is 2.10. The Morgan fingerprint density at radius 3 is 2.94 bits per heavy atom. The molecular weight excluding hydrogens is 232 g/mol. The molecule has 96 valence electrons. The number of hydrogen-bond acceptors (Lipinski definition) is 4. The van der Waals surface area contributed by atoms with Crippen molar-refractivity contribution in [2.75, 3.05) is 29.1 Å². The van der Waals surface area contributed by atoms with Crippen LogP contribution in [0.1, 0.15) is 32.0 Å². The molecule has 3 N–H and O–H groups in total. The summed E-state index contributed by atoms with van der Waals surface area (Å²) in [6, 6.07) is 0.339. The number of nitrogen functional groups attached to an aromatic ring is 1. The van der Waals surface area contributed by atoms with Crippen molar-refractivity contribution in [1.82, 2.24) is 9.78 Å². The van der Waals surface area contributed by atoms with Gasteiger partial charge in [0.15, 0.2) is 0 Å². The Labute approximate surface area is 107 Å². The topological polar surface area (TPSA) is 55.9 Å². The molecule has 0 bridgehead atoms. The zero-order valence-corrected chi connectivity index (χ0v) is 11.7. The van der Waals surface area contributed by atoms with Gasteiger partial charge in [0.05, 0.1) is 11.4 Å². The summed E-state index contributed by atoms with van der Waals surface area (Å²) in [4.78, 5) is 0. The van der Waals surface area contributed by atoms with Gasteiger partial charge >= 0.3 is 0 Å². The van der Waals surface area contributed by atoms with Crippen molar-refractivity contribution in [2.24, 2.45) is 5.92 Å². The van der Waals surface area contributed by atoms with Gasteiger partial charge in [0.1, 0.15) is 5.82 Å². The van der Waals surface area contributed by atoms with Crippen molar-refractivity contribution < 1.29 is 0 Å². The van der Waals surface area contributed by atoms with Crippen LogP contribution in [0.5, 0.6) is 0 Å². The number of nitrogens with zero attached hydrogens (tertiary/aromatic N) is 2. The average Bonchev–Trinajstić information content (AvgIpc) is 2.87. The molecule has 1 atom stereocenters. The minimum atomic E-state index is 0.339. The van der Waals surface area contributed by atoms with Gasteiger partial charge in [-0.25, -0.2) is 4.68 Å². The predicted octanol–water partition coefficient (Wildman–Crippen LogP) is 2.52. The van der Waals surface area contributed by atoms with Crippen LogP contribution in [0, 0.1) is 12.8 Å². The minimum absolute atomic E-state index is 0.339. The van der Waals surface area contributed by atoms with Gasteiger partial charge in [-0.2, -0.15) is 16.9 Å². The van der Waals surface area contributed by atoms with E-state index in [4.69, 9.17) is 5.73 Å². The summed E-state index contributed by atoms with van der Waals surface area (Å²) in [6.45, 7) is 7.23. The Morgan fingerprint density at radius 2 is 2.35 bits per heavy atom. The third-order valence-electron chi connectivity index (χ3n) is 3.20. The molecule has 4 nitrogen and oxygen atoms in total. The molecule has 1 aliphatic rings. The third-order valence-corrected chi connectivity index (χ3v) is 4.43. The van der Waals surface area contributed by atoms with E-state index in [2.05, 4.69) is 24.3 Å². The molecule has 5 heteroatoms. The molecule has 1 unspecified atom stereocenters. The summed E-state index contributed by atoms with van der Waals surface area (Å²) in [5, 5.41) is 7.97. The Balaban J connectivity index is 2.07. The maximum Gasteiger partial charge on any atom is 0.148 e. The van der Waals surface area contributed by atoms with Crippen LogP contribution < -0.4 is 11.1 Å². The van der Waals surface area contributed by atoms with Gasteiger partial charge in [-0.05, 0) is 44.6 Å². The van der Waals surface area contributed by atoms with Crippen LogP contribution in [0.3, 0.4) is 0 Å². The first-order valence-electron chi connectivity index (χ1n) is 6.25. The zero-order chi connectivity index (χ0) is 12.4. The SMILES string of the molecule is Cc1nn(C(C)C)c(NCC2CCSC2)c1N. The molecule has 0 amide bonds. The Morgan fingerprint density at radius 1 is 1.59 bits per heavy atom. The van der Waals surface area contributed by atoms with Gasteiger partial charge in [-0.1, -0.05) is 0 Å². The molecule has 1 aromatic rings. The van der Waals surface area contributed by atoms with Gasteiger partial charge in [0, 0.05) is 12.6 Å². The molecule has 0 aromatic carbocycles. The van der Waals surface area contributed by atoms with Gasteiger partial charge in [0.2, 0.25) is 0 Å². The predicted molar refractivity (Wildman–Crippen MR) is 75.7 cm³/mol. The monoisotopic (exact) mass is 254 g/mol. The summed E-state index contributed by atoms with van der Waals surface area (Å²) in [6.07, 6.45) is 1.31. The number of aryl methyl sites for hydroxylation is 1. The molecule has 0 radical (unpaired) electrons. The van der Waals surface area contributed by atoms with Gasteiger partial charge in [-0.15, -0.1) is 0 Å². The highest BCUT2D eigenvalue weighted by molar-refractivity contribution is 7.99. The highest BCUT2D eigenvalue weighted by Gasteiger charge is 2.18. The normalized spacial score (nSPS) is 20.1. The lowest BCUT2D eigenvalue weighted by Crippen LogP contribution is -2.17. The molecule has 2 rings (SSSR count). The number of anilines is 2. The van der Waals surface area contributed by atoms with Crippen molar-refractivity contribution >= 4 is 23.3 Å². The highest BCUT2D eigenvalue weighted by atomic mass is 32.2. The lowest BCUT2D eigenvalue weighted by Gasteiger charge is -2.15. The van der Waals surface area contributed by atoms with E-state index < -0.39 is 0 Å². The summed E-state index contributed by atoms with van der Waals surface area (Å²) < 4.78 is 1.99. The molecular formula is C12H22N4S. The van der Waals surface area contributed by atoms with Crippen molar-refractivity contribution in [2.45, 2.75) is 33.2 Å². The summed E-state index contributed by atoms with van der Waals surface area (Å²) >= 11 is 2.04. The fourth-order valence-corrected chi connectivity index (χ4v) is 3.38. The second kappa shape index (κ2) is 5.21. The third kappa shape index (κ3) is 2.70. The van der Waals surface area contributed by atoms with Crippen LogP contribution in [0.2, 0.25) is 0 Å². The molecule has 1 aliphatic heterocycles. The first-order chi connectivity index (χ1) is 8.09. The van der Waals surface area contributed by atoms with Crippen LogP contribution >= 0.6 is 11.8 Å². The molecule has 0 aliphatic carbocycles. The average molecular weight is 254 g/mol. The first-order valence-corrected chi connectivity index (χ1v) is 7.41. The number of nitrogens with one attached hydrogen (secondary N) is 1. The van der Waals surface area contributed by atoms with E-state index in [0.29, 0.717) is 6.04 Å². The number of thioether (sulfide) groups is 1. The fraction of sp³-hybridized carbons (Fsp3) is 0.750. The van der Waals surface area contributed by atoms with Crippen LogP contribution in [0.4, 0.5) is 11.5 Å². The van der Waals surface area contributed by atoms with Crippen LogP contribution in [-0.2, 0) is 0 Å².